The molecule has 2 aliphatic heterocycles. The third-order valence-electron chi connectivity index (χ3n) is 4.90. The maximum Gasteiger partial charge on any atom is 0.160 e. The molecule has 3 atom stereocenters. The first-order chi connectivity index (χ1) is 12.6. The Morgan fingerprint density at radius 3 is 2.65 bits per heavy atom. The van der Waals surface area contributed by atoms with Gasteiger partial charge in [-0.25, -0.2) is 0 Å². The van der Waals surface area contributed by atoms with Gasteiger partial charge in [0, 0.05) is 18.0 Å². The summed E-state index contributed by atoms with van der Waals surface area (Å²) in [5.41, 5.74) is 1.99. The normalized spacial score (nSPS) is 24.5. The van der Waals surface area contributed by atoms with Gasteiger partial charge in [-0.3, -0.25) is 9.98 Å². The lowest BCUT2D eigenvalue weighted by Crippen LogP contribution is -2.35. The Labute approximate surface area is 167 Å². The van der Waals surface area contributed by atoms with E-state index in [1.807, 2.05) is 48.3 Å². The number of aliphatic imine (C=N–C) groups is 1. The molecule has 0 radical (unpaired) electrons. The molecule has 0 amide bonds. The summed E-state index contributed by atoms with van der Waals surface area (Å²) in [6.07, 6.45) is 2.88. The van der Waals surface area contributed by atoms with Gasteiger partial charge in [-0.05, 0) is 36.2 Å². The quantitative estimate of drug-likeness (QED) is 0.681. The number of halogens is 2. The topological polar surface area (TPSA) is 37.7 Å². The predicted octanol–water partition coefficient (Wildman–Crippen LogP) is 5.38. The fourth-order valence-electron chi connectivity index (χ4n) is 3.66. The number of benzene rings is 1. The second kappa shape index (κ2) is 7.29. The lowest BCUT2D eigenvalue weighted by atomic mass is 9.95. The lowest BCUT2D eigenvalue weighted by Gasteiger charge is -2.32. The molecule has 4 nitrogen and oxygen atoms in total. The molecule has 2 aromatic rings. The average molecular weight is 408 g/mol. The number of methoxy groups -OCH3 is 1. The number of fused-ring (bicyclic) bond motifs is 1. The zero-order valence-electron chi connectivity index (χ0n) is 14.5. The second-order valence-electron chi connectivity index (χ2n) is 6.35. The molecule has 136 valence electrons. The van der Waals surface area contributed by atoms with Gasteiger partial charge in [-0.2, -0.15) is 0 Å². The first-order valence-corrected chi connectivity index (χ1v) is 10.3. The van der Waals surface area contributed by atoms with Crippen LogP contribution in [-0.4, -0.2) is 34.0 Å². The van der Waals surface area contributed by atoms with Gasteiger partial charge in [0.1, 0.15) is 6.04 Å². The van der Waals surface area contributed by atoms with Crippen molar-refractivity contribution in [3.05, 3.63) is 57.8 Å². The molecule has 0 N–H and O–H groups in total. The Morgan fingerprint density at radius 1 is 1.27 bits per heavy atom. The number of amidine groups is 1. The molecule has 0 unspecified atom stereocenters. The van der Waals surface area contributed by atoms with E-state index in [1.165, 1.54) is 0 Å². The fourth-order valence-corrected chi connectivity index (χ4v) is 5.65. The molecule has 0 aliphatic carbocycles. The van der Waals surface area contributed by atoms with Crippen molar-refractivity contribution in [3.8, 4) is 5.75 Å². The largest absolute Gasteiger partial charge is 0.494 e. The van der Waals surface area contributed by atoms with Crippen LogP contribution < -0.4 is 4.74 Å². The molecule has 0 saturated carbocycles. The summed E-state index contributed by atoms with van der Waals surface area (Å²) in [4.78, 5) is 12.0. The summed E-state index contributed by atoms with van der Waals surface area (Å²) in [6.45, 7) is 2.22. The van der Waals surface area contributed by atoms with Gasteiger partial charge in [0.05, 0.1) is 28.9 Å². The summed E-state index contributed by atoms with van der Waals surface area (Å²) in [7, 11) is 1.57. The van der Waals surface area contributed by atoms with Crippen molar-refractivity contribution in [2.24, 2.45) is 4.99 Å². The van der Waals surface area contributed by atoms with Crippen LogP contribution in [-0.2, 0) is 0 Å². The summed E-state index contributed by atoms with van der Waals surface area (Å²) in [5, 5.41) is 2.12. The molecular formula is C19H19Cl2N3OS. The highest BCUT2D eigenvalue weighted by Gasteiger charge is 2.45. The van der Waals surface area contributed by atoms with Crippen LogP contribution in [0.1, 0.15) is 36.7 Å². The summed E-state index contributed by atoms with van der Waals surface area (Å²) in [5.74, 6) is 1.56. The van der Waals surface area contributed by atoms with Crippen LogP contribution in [0.4, 0.5) is 0 Å². The monoisotopic (exact) mass is 407 g/mol. The average Bonchev–Trinajstić information content (AvgIpc) is 3.21. The number of ether oxygens (including phenoxy) is 1. The minimum atomic E-state index is -0.0754. The van der Waals surface area contributed by atoms with Crippen LogP contribution in [0.2, 0.25) is 10.0 Å². The number of hydrogen-bond acceptors (Lipinski definition) is 5. The first-order valence-electron chi connectivity index (χ1n) is 8.56. The van der Waals surface area contributed by atoms with E-state index in [2.05, 4.69) is 16.8 Å². The minimum Gasteiger partial charge on any atom is -0.494 e. The Hall–Kier alpha value is -1.43. The minimum absolute atomic E-state index is 0.0285. The molecule has 1 saturated heterocycles. The highest BCUT2D eigenvalue weighted by Crippen LogP contribution is 2.50. The van der Waals surface area contributed by atoms with Gasteiger partial charge < -0.3 is 9.64 Å². The van der Waals surface area contributed by atoms with Gasteiger partial charge in [0.25, 0.3) is 0 Å². The van der Waals surface area contributed by atoms with E-state index >= 15 is 0 Å². The van der Waals surface area contributed by atoms with E-state index in [1.54, 1.807) is 7.11 Å². The number of rotatable bonds is 4. The van der Waals surface area contributed by atoms with Crippen molar-refractivity contribution in [1.82, 2.24) is 9.88 Å². The zero-order valence-corrected chi connectivity index (χ0v) is 16.9. The molecule has 1 aromatic carbocycles. The van der Waals surface area contributed by atoms with Gasteiger partial charge >= 0.3 is 0 Å². The Balaban J connectivity index is 1.82. The molecule has 0 spiro atoms. The molecule has 2 aliphatic rings. The fraction of sp³-hybridized carbons (Fsp3) is 0.368. The van der Waals surface area contributed by atoms with E-state index in [-0.39, 0.29) is 12.1 Å². The Kier molecular flexibility index (Phi) is 5.04. The lowest BCUT2D eigenvalue weighted by molar-refractivity contribution is 0.255. The van der Waals surface area contributed by atoms with Crippen molar-refractivity contribution in [2.45, 2.75) is 31.5 Å². The van der Waals surface area contributed by atoms with Crippen molar-refractivity contribution in [3.63, 3.8) is 0 Å². The van der Waals surface area contributed by atoms with Gasteiger partial charge in [0.2, 0.25) is 0 Å². The summed E-state index contributed by atoms with van der Waals surface area (Å²) < 4.78 is 5.31. The highest BCUT2D eigenvalue weighted by atomic mass is 35.5. The molecule has 0 bridgehead atoms. The number of hydrogen-bond donors (Lipinski definition) is 0. The smallest absolute Gasteiger partial charge is 0.160 e. The van der Waals surface area contributed by atoms with Crippen molar-refractivity contribution < 1.29 is 4.74 Å². The number of pyridine rings is 1. The second-order valence-corrected chi connectivity index (χ2v) is 8.16. The van der Waals surface area contributed by atoms with E-state index in [4.69, 9.17) is 32.9 Å². The van der Waals surface area contributed by atoms with Crippen LogP contribution in [0.15, 0.2) is 41.5 Å². The molecule has 4 rings (SSSR count). The summed E-state index contributed by atoms with van der Waals surface area (Å²) in [6, 6.07) is 10.2. The van der Waals surface area contributed by atoms with Gasteiger partial charge in [0.15, 0.2) is 10.9 Å². The molecule has 3 heterocycles. The molecular weight excluding hydrogens is 389 g/mol. The standard InChI is InChI=1S/C19H19Cl2N3OS/c1-3-12-10-26-19-23-16(15-6-4-5-7-22-15)17(24(12)19)11-8-13(20)18(25-2)14(21)9-11/h4-9,12,16-17H,3,10H2,1-2H3/t12-,16-,17+/m0/s1. The van der Waals surface area contributed by atoms with Crippen LogP contribution in [0, 0.1) is 0 Å². The SMILES string of the molecule is CC[C@H]1CSC2=N[C@@H](c3ccccn3)[C@@H](c3cc(Cl)c(OC)c(Cl)c3)N21. The van der Waals surface area contributed by atoms with E-state index in [0.29, 0.717) is 21.8 Å². The van der Waals surface area contributed by atoms with Gasteiger partial charge in [-0.1, -0.05) is 48.0 Å². The van der Waals surface area contributed by atoms with E-state index < -0.39 is 0 Å². The third-order valence-corrected chi connectivity index (χ3v) is 6.58. The van der Waals surface area contributed by atoms with Crippen molar-refractivity contribution >= 4 is 40.1 Å². The highest BCUT2D eigenvalue weighted by molar-refractivity contribution is 8.14. The third kappa shape index (κ3) is 2.96. The maximum absolute atomic E-state index is 6.43. The van der Waals surface area contributed by atoms with Gasteiger partial charge in [-0.15, -0.1) is 0 Å². The van der Waals surface area contributed by atoms with E-state index in [9.17, 15) is 0 Å². The van der Waals surface area contributed by atoms with Crippen LogP contribution >= 0.6 is 35.0 Å². The van der Waals surface area contributed by atoms with Crippen LogP contribution in [0.3, 0.4) is 0 Å². The van der Waals surface area contributed by atoms with Crippen LogP contribution in [0.25, 0.3) is 0 Å². The first kappa shape index (κ1) is 18.0. The molecule has 1 fully saturated rings. The molecule has 7 heteroatoms. The predicted molar refractivity (Wildman–Crippen MR) is 109 cm³/mol. The molecule has 1 aromatic heterocycles. The number of aromatic nitrogens is 1. The molecule has 26 heavy (non-hydrogen) atoms. The number of thioether (sulfide) groups is 1. The Morgan fingerprint density at radius 2 is 2.04 bits per heavy atom. The maximum atomic E-state index is 6.43. The van der Waals surface area contributed by atoms with Crippen molar-refractivity contribution in [2.75, 3.05) is 12.9 Å². The van der Waals surface area contributed by atoms with Crippen molar-refractivity contribution in [1.29, 1.82) is 0 Å². The number of nitrogens with zero attached hydrogens (tertiary/aromatic N) is 3. The Bertz CT molecular complexity index is 823. The summed E-state index contributed by atoms with van der Waals surface area (Å²) >= 11 is 14.7. The van der Waals surface area contributed by atoms with E-state index in [0.717, 1.165) is 28.6 Å². The van der Waals surface area contributed by atoms with Crippen LogP contribution in [0.5, 0.6) is 5.75 Å². The zero-order chi connectivity index (χ0) is 18.3.